The maximum atomic E-state index is 13.0. The molecule has 0 unspecified atom stereocenters. The first-order valence-corrected chi connectivity index (χ1v) is 8.06. The van der Waals surface area contributed by atoms with Crippen molar-refractivity contribution in [2.45, 2.75) is 13.5 Å². The molecule has 0 aliphatic rings. The SMILES string of the molecule is CCn1c(=S)[nH]c(-c2ccccc2)c(C(=O)c2ccccc2)c1=O. The van der Waals surface area contributed by atoms with E-state index in [0.717, 1.165) is 5.56 Å². The van der Waals surface area contributed by atoms with E-state index in [1.165, 1.54) is 4.57 Å². The molecule has 0 saturated carbocycles. The molecule has 2 aromatic carbocycles. The second-order valence-corrected chi connectivity index (χ2v) is 5.68. The Hall–Kier alpha value is -2.79. The lowest BCUT2D eigenvalue weighted by molar-refractivity contribution is 0.103. The molecule has 4 nitrogen and oxygen atoms in total. The van der Waals surface area contributed by atoms with Gasteiger partial charge in [0.25, 0.3) is 5.56 Å². The number of carbonyl (C=O) groups is 1. The van der Waals surface area contributed by atoms with Crippen LogP contribution in [0.25, 0.3) is 11.3 Å². The minimum Gasteiger partial charge on any atom is -0.331 e. The second-order valence-electron chi connectivity index (χ2n) is 5.29. The first-order valence-electron chi connectivity index (χ1n) is 7.65. The summed E-state index contributed by atoms with van der Waals surface area (Å²) >= 11 is 5.29. The number of ketones is 1. The lowest BCUT2D eigenvalue weighted by Gasteiger charge is -2.12. The third kappa shape index (κ3) is 2.86. The predicted octanol–water partition coefficient (Wildman–Crippen LogP) is 3.82. The van der Waals surface area contributed by atoms with E-state index in [1.807, 2.05) is 43.3 Å². The Kier molecular flexibility index (Phi) is 4.53. The number of nitrogens with one attached hydrogen (secondary N) is 1. The fraction of sp³-hybridized carbons (Fsp3) is 0.105. The summed E-state index contributed by atoms with van der Waals surface area (Å²) in [6.45, 7) is 2.22. The zero-order valence-corrected chi connectivity index (χ0v) is 14.0. The molecule has 0 fully saturated rings. The zero-order valence-electron chi connectivity index (χ0n) is 13.2. The Labute approximate surface area is 144 Å². The van der Waals surface area contributed by atoms with Crippen molar-refractivity contribution < 1.29 is 4.79 Å². The minimum atomic E-state index is -0.367. The zero-order chi connectivity index (χ0) is 17.1. The smallest absolute Gasteiger partial charge is 0.266 e. The molecule has 0 amide bonds. The highest BCUT2D eigenvalue weighted by Gasteiger charge is 2.21. The lowest BCUT2D eigenvalue weighted by atomic mass is 9.99. The van der Waals surface area contributed by atoms with Gasteiger partial charge in [-0.05, 0) is 24.7 Å². The quantitative estimate of drug-likeness (QED) is 0.582. The van der Waals surface area contributed by atoms with Crippen molar-refractivity contribution in [1.82, 2.24) is 9.55 Å². The van der Waals surface area contributed by atoms with E-state index in [0.29, 0.717) is 22.6 Å². The molecule has 0 aliphatic carbocycles. The van der Waals surface area contributed by atoms with Gasteiger partial charge in [-0.2, -0.15) is 0 Å². The molecule has 0 spiro atoms. The number of rotatable bonds is 4. The Morgan fingerprint density at radius 2 is 1.62 bits per heavy atom. The Morgan fingerprint density at radius 1 is 1.04 bits per heavy atom. The monoisotopic (exact) mass is 336 g/mol. The van der Waals surface area contributed by atoms with E-state index >= 15 is 0 Å². The van der Waals surface area contributed by atoms with E-state index in [2.05, 4.69) is 4.98 Å². The number of carbonyl (C=O) groups excluding carboxylic acids is 1. The number of aromatic amines is 1. The third-order valence-corrected chi connectivity index (χ3v) is 4.15. The molecule has 5 heteroatoms. The molecule has 120 valence electrons. The lowest BCUT2D eigenvalue weighted by Crippen LogP contribution is -2.29. The second kappa shape index (κ2) is 6.76. The number of aromatic nitrogens is 2. The maximum Gasteiger partial charge on any atom is 0.266 e. The molecule has 1 N–H and O–H groups in total. The molecule has 1 aromatic heterocycles. The van der Waals surface area contributed by atoms with Crippen LogP contribution in [0.1, 0.15) is 22.8 Å². The number of nitrogens with zero attached hydrogens (tertiary/aromatic N) is 1. The van der Waals surface area contributed by atoms with Crippen LogP contribution in [0.4, 0.5) is 0 Å². The van der Waals surface area contributed by atoms with Crippen molar-refractivity contribution in [3.63, 3.8) is 0 Å². The van der Waals surface area contributed by atoms with Crippen molar-refractivity contribution in [2.75, 3.05) is 0 Å². The van der Waals surface area contributed by atoms with Crippen molar-refractivity contribution in [2.24, 2.45) is 0 Å². The van der Waals surface area contributed by atoms with Crippen LogP contribution in [0.3, 0.4) is 0 Å². The first-order chi connectivity index (χ1) is 11.6. The average Bonchev–Trinajstić information content (AvgIpc) is 2.62. The van der Waals surface area contributed by atoms with Gasteiger partial charge in [-0.15, -0.1) is 0 Å². The molecule has 0 bridgehead atoms. The van der Waals surface area contributed by atoms with Gasteiger partial charge in [-0.3, -0.25) is 14.2 Å². The Balaban J connectivity index is 2.33. The summed E-state index contributed by atoms with van der Waals surface area (Å²) in [5.41, 5.74) is 1.43. The number of benzene rings is 2. The van der Waals surface area contributed by atoms with Gasteiger partial charge in [-0.25, -0.2) is 0 Å². The van der Waals surface area contributed by atoms with Gasteiger partial charge in [-0.1, -0.05) is 60.7 Å². The topological polar surface area (TPSA) is 54.9 Å². The predicted molar refractivity (Wildman–Crippen MR) is 96.9 cm³/mol. The fourth-order valence-electron chi connectivity index (χ4n) is 2.62. The maximum absolute atomic E-state index is 13.0. The van der Waals surface area contributed by atoms with Crippen molar-refractivity contribution in [3.8, 4) is 11.3 Å². The van der Waals surface area contributed by atoms with Crippen LogP contribution in [-0.4, -0.2) is 15.3 Å². The van der Waals surface area contributed by atoms with Crippen molar-refractivity contribution in [3.05, 3.63) is 86.9 Å². The highest BCUT2D eigenvalue weighted by atomic mass is 32.1. The molecular weight excluding hydrogens is 320 g/mol. The van der Waals surface area contributed by atoms with Gasteiger partial charge in [0.2, 0.25) is 5.78 Å². The van der Waals surface area contributed by atoms with Gasteiger partial charge in [0, 0.05) is 12.1 Å². The molecular formula is C19H16N2O2S. The summed E-state index contributed by atoms with van der Waals surface area (Å²) in [6.07, 6.45) is 0. The van der Waals surface area contributed by atoms with Crippen LogP contribution < -0.4 is 5.56 Å². The highest BCUT2D eigenvalue weighted by molar-refractivity contribution is 7.71. The van der Waals surface area contributed by atoms with E-state index in [-0.39, 0.29) is 16.9 Å². The molecule has 0 saturated heterocycles. The standard InChI is InChI=1S/C19H16N2O2S/c1-2-21-18(23)15(17(22)14-11-7-4-8-12-14)16(20-19(21)24)13-9-5-3-6-10-13/h3-12H,2H2,1H3,(H,20,24). The van der Waals surface area contributed by atoms with Crippen LogP contribution in [0, 0.1) is 4.77 Å². The molecule has 0 radical (unpaired) electrons. The van der Waals surface area contributed by atoms with Gasteiger partial charge >= 0.3 is 0 Å². The molecule has 0 atom stereocenters. The van der Waals surface area contributed by atoms with Crippen LogP contribution in [0.15, 0.2) is 65.5 Å². The molecule has 0 aliphatic heterocycles. The minimum absolute atomic E-state index is 0.114. The van der Waals surface area contributed by atoms with Gasteiger partial charge in [0.1, 0.15) is 5.56 Å². The van der Waals surface area contributed by atoms with Gasteiger partial charge in [0.05, 0.1) is 5.69 Å². The third-order valence-electron chi connectivity index (χ3n) is 3.83. The summed E-state index contributed by atoms with van der Waals surface area (Å²) in [6, 6.07) is 18.1. The van der Waals surface area contributed by atoms with E-state index < -0.39 is 0 Å². The number of hydrogen-bond donors (Lipinski definition) is 1. The molecule has 3 aromatic rings. The van der Waals surface area contributed by atoms with E-state index in [9.17, 15) is 9.59 Å². The molecule has 3 rings (SSSR count). The Bertz CT molecular complexity index is 989. The van der Waals surface area contributed by atoms with Gasteiger partial charge in [0.15, 0.2) is 4.77 Å². The summed E-state index contributed by atoms with van der Waals surface area (Å²) in [5.74, 6) is -0.312. The average molecular weight is 336 g/mol. The highest BCUT2D eigenvalue weighted by Crippen LogP contribution is 2.21. The fourth-order valence-corrected chi connectivity index (χ4v) is 2.94. The van der Waals surface area contributed by atoms with Gasteiger partial charge < -0.3 is 4.98 Å². The summed E-state index contributed by atoms with van der Waals surface area (Å²) in [7, 11) is 0. The summed E-state index contributed by atoms with van der Waals surface area (Å²) in [5, 5.41) is 0. The normalized spacial score (nSPS) is 10.5. The summed E-state index contributed by atoms with van der Waals surface area (Å²) in [4.78, 5) is 28.9. The van der Waals surface area contributed by atoms with E-state index in [4.69, 9.17) is 12.2 Å². The van der Waals surface area contributed by atoms with Crippen LogP contribution in [0.5, 0.6) is 0 Å². The Morgan fingerprint density at radius 3 is 2.21 bits per heavy atom. The summed E-state index contributed by atoms with van der Waals surface area (Å²) < 4.78 is 1.71. The van der Waals surface area contributed by atoms with Crippen LogP contribution in [0.2, 0.25) is 0 Å². The molecule has 1 heterocycles. The van der Waals surface area contributed by atoms with Crippen LogP contribution >= 0.6 is 12.2 Å². The van der Waals surface area contributed by atoms with Crippen molar-refractivity contribution >= 4 is 18.0 Å². The van der Waals surface area contributed by atoms with E-state index in [1.54, 1.807) is 24.3 Å². The number of H-pyrrole nitrogens is 1. The molecule has 24 heavy (non-hydrogen) atoms. The first kappa shape index (κ1) is 16.1. The largest absolute Gasteiger partial charge is 0.331 e. The van der Waals surface area contributed by atoms with Crippen LogP contribution in [-0.2, 0) is 6.54 Å². The van der Waals surface area contributed by atoms with Crippen molar-refractivity contribution in [1.29, 1.82) is 0 Å². The number of hydrogen-bond acceptors (Lipinski definition) is 3.